The molecule has 2 aromatic heterocycles. The van der Waals surface area contributed by atoms with Crippen LogP contribution in [0.3, 0.4) is 0 Å². The minimum absolute atomic E-state index is 0.133. The van der Waals surface area contributed by atoms with Crippen LogP contribution in [0.1, 0.15) is 11.1 Å². The number of anilines is 1. The first-order valence-corrected chi connectivity index (χ1v) is 11.7. The van der Waals surface area contributed by atoms with Crippen LogP contribution in [0.5, 0.6) is 0 Å². The van der Waals surface area contributed by atoms with E-state index in [0.717, 1.165) is 23.3 Å². The predicted molar refractivity (Wildman–Crippen MR) is 146 cm³/mol. The van der Waals surface area contributed by atoms with Crippen LogP contribution in [0.15, 0.2) is 122 Å². The molecule has 178 valence electrons. The molecule has 0 amide bonds. The van der Waals surface area contributed by atoms with Gasteiger partial charge in [0, 0.05) is 54.3 Å². The van der Waals surface area contributed by atoms with Gasteiger partial charge in [0.25, 0.3) is 5.69 Å². The number of hydrogen-bond acceptors (Lipinski definition) is 3. The Balaban J connectivity index is 0.000000149. The number of nitrogens with zero attached hydrogens (tertiary/aromatic N) is 3. The average molecular weight is 475 g/mol. The maximum Gasteiger partial charge on any atom is 0.269 e. The highest BCUT2D eigenvalue weighted by Gasteiger charge is 2.07. The van der Waals surface area contributed by atoms with Gasteiger partial charge < -0.3 is 14.9 Å². The number of nitro benzene ring substituents is 1. The number of benzene rings is 4. The standard InChI is InChI=1S/C15H12N2O2.C15H14N2/c18-17(19)14-6-3-4-12(10-14)11-16-9-8-13-5-1-2-7-15(13)16;16-14-6-3-4-12(10-14)11-17-9-8-13-5-1-2-7-15(13)17/h1-10H,11H2;1-10H,11,16H2. The lowest BCUT2D eigenvalue weighted by molar-refractivity contribution is -0.384. The molecule has 0 spiro atoms. The van der Waals surface area contributed by atoms with Gasteiger partial charge in [-0.3, -0.25) is 10.1 Å². The maximum absolute atomic E-state index is 10.8. The van der Waals surface area contributed by atoms with E-state index in [9.17, 15) is 10.1 Å². The Morgan fingerprint density at radius 1 is 0.639 bits per heavy atom. The predicted octanol–water partition coefficient (Wildman–Crippen LogP) is 6.87. The molecule has 0 aliphatic rings. The molecular weight excluding hydrogens is 448 g/mol. The molecule has 0 saturated heterocycles. The van der Waals surface area contributed by atoms with Crippen molar-refractivity contribution in [2.75, 3.05) is 5.73 Å². The summed E-state index contributed by atoms with van der Waals surface area (Å²) in [6.45, 7) is 1.49. The molecule has 36 heavy (non-hydrogen) atoms. The van der Waals surface area contributed by atoms with E-state index in [2.05, 4.69) is 57.8 Å². The number of non-ortho nitro benzene ring substituents is 1. The van der Waals surface area contributed by atoms with Gasteiger partial charge >= 0.3 is 0 Å². The van der Waals surface area contributed by atoms with Gasteiger partial charge in [-0.2, -0.15) is 0 Å². The smallest absolute Gasteiger partial charge is 0.269 e. The first-order chi connectivity index (χ1) is 17.6. The van der Waals surface area contributed by atoms with E-state index in [0.29, 0.717) is 6.54 Å². The van der Waals surface area contributed by atoms with Crippen molar-refractivity contribution in [1.29, 1.82) is 0 Å². The summed E-state index contributed by atoms with van der Waals surface area (Å²) in [7, 11) is 0. The largest absolute Gasteiger partial charge is 0.399 e. The van der Waals surface area contributed by atoms with Gasteiger partial charge in [0.15, 0.2) is 0 Å². The second kappa shape index (κ2) is 10.2. The Kier molecular flexibility index (Phi) is 6.49. The van der Waals surface area contributed by atoms with Crippen LogP contribution in [-0.2, 0) is 13.1 Å². The van der Waals surface area contributed by atoms with Crippen molar-refractivity contribution in [1.82, 2.24) is 9.13 Å². The lowest BCUT2D eigenvalue weighted by Gasteiger charge is -2.06. The van der Waals surface area contributed by atoms with Gasteiger partial charge in [0.05, 0.1) is 4.92 Å². The van der Waals surface area contributed by atoms with Gasteiger partial charge in [-0.25, -0.2) is 0 Å². The summed E-state index contributed by atoms with van der Waals surface area (Å²) in [6.07, 6.45) is 4.12. The van der Waals surface area contributed by atoms with Crippen molar-refractivity contribution in [3.8, 4) is 0 Å². The van der Waals surface area contributed by atoms with Crippen LogP contribution in [0.2, 0.25) is 0 Å². The number of hydrogen-bond donors (Lipinski definition) is 1. The minimum Gasteiger partial charge on any atom is -0.399 e. The maximum atomic E-state index is 10.8. The van der Waals surface area contributed by atoms with Crippen molar-refractivity contribution in [3.05, 3.63) is 143 Å². The minimum atomic E-state index is -0.364. The quantitative estimate of drug-likeness (QED) is 0.168. The number of fused-ring (bicyclic) bond motifs is 2. The van der Waals surface area contributed by atoms with Gasteiger partial charge in [-0.15, -0.1) is 0 Å². The Morgan fingerprint density at radius 2 is 1.17 bits per heavy atom. The summed E-state index contributed by atoms with van der Waals surface area (Å²) in [4.78, 5) is 10.4. The third-order valence-electron chi connectivity index (χ3n) is 6.14. The van der Waals surface area contributed by atoms with E-state index >= 15 is 0 Å². The van der Waals surface area contributed by atoms with Crippen LogP contribution < -0.4 is 5.73 Å². The number of rotatable bonds is 5. The second-order valence-electron chi connectivity index (χ2n) is 8.68. The molecule has 0 aliphatic carbocycles. The molecule has 0 aliphatic heterocycles. The summed E-state index contributed by atoms with van der Waals surface area (Å²) in [5, 5.41) is 13.2. The zero-order valence-electron chi connectivity index (χ0n) is 19.7. The summed E-state index contributed by atoms with van der Waals surface area (Å²) in [5.74, 6) is 0. The van der Waals surface area contributed by atoms with Gasteiger partial charge in [-0.1, -0.05) is 60.7 Å². The Hall–Kier alpha value is -4.84. The molecule has 0 radical (unpaired) electrons. The highest BCUT2D eigenvalue weighted by atomic mass is 16.6. The van der Waals surface area contributed by atoms with E-state index < -0.39 is 0 Å². The molecule has 4 aromatic carbocycles. The number of aromatic nitrogens is 2. The highest BCUT2D eigenvalue weighted by molar-refractivity contribution is 5.80. The highest BCUT2D eigenvalue weighted by Crippen LogP contribution is 2.20. The third kappa shape index (κ3) is 5.13. The van der Waals surface area contributed by atoms with Gasteiger partial charge in [-0.05, 0) is 58.3 Å². The number of nitrogen functional groups attached to an aromatic ring is 1. The fourth-order valence-electron chi connectivity index (χ4n) is 4.41. The fraction of sp³-hybridized carbons (Fsp3) is 0.0667. The first kappa shape index (κ1) is 22.9. The normalized spacial score (nSPS) is 10.8. The monoisotopic (exact) mass is 474 g/mol. The van der Waals surface area contributed by atoms with Crippen molar-refractivity contribution < 1.29 is 4.92 Å². The van der Waals surface area contributed by atoms with E-state index in [1.165, 1.54) is 27.9 Å². The van der Waals surface area contributed by atoms with E-state index in [4.69, 9.17) is 5.73 Å². The van der Waals surface area contributed by atoms with Crippen LogP contribution >= 0.6 is 0 Å². The Bertz CT molecular complexity index is 1650. The molecule has 0 saturated carbocycles. The Labute approximate surface area is 209 Å². The van der Waals surface area contributed by atoms with Crippen LogP contribution in [0.25, 0.3) is 21.8 Å². The van der Waals surface area contributed by atoms with Gasteiger partial charge in [0.2, 0.25) is 0 Å². The van der Waals surface area contributed by atoms with Crippen molar-refractivity contribution in [3.63, 3.8) is 0 Å². The molecule has 6 rings (SSSR count). The van der Waals surface area contributed by atoms with Crippen LogP contribution in [0, 0.1) is 10.1 Å². The Morgan fingerprint density at radius 3 is 1.72 bits per heavy atom. The molecule has 2 heterocycles. The lowest BCUT2D eigenvalue weighted by Crippen LogP contribution is -1.98. The summed E-state index contributed by atoms with van der Waals surface area (Å²) in [5.41, 5.74) is 11.3. The zero-order chi connectivity index (χ0) is 24.9. The first-order valence-electron chi connectivity index (χ1n) is 11.7. The van der Waals surface area contributed by atoms with E-state index in [1.54, 1.807) is 12.1 Å². The SMILES string of the molecule is Nc1cccc(Cn2ccc3ccccc32)c1.O=[N+]([O-])c1cccc(Cn2ccc3ccccc32)c1. The topological polar surface area (TPSA) is 79.0 Å². The molecule has 2 N–H and O–H groups in total. The number of nitro groups is 1. The van der Waals surface area contributed by atoms with Crippen molar-refractivity contribution in [2.45, 2.75) is 13.1 Å². The van der Waals surface area contributed by atoms with E-state index in [1.807, 2.05) is 54.7 Å². The molecule has 6 nitrogen and oxygen atoms in total. The fourth-order valence-corrected chi connectivity index (χ4v) is 4.41. The summed E-state index contributed by atoms with van der Waals surface area (Å²) < 4.78 is 4.33. The van der Waals surface area contributed by atoms with Crippen molar-refractivity contribution >= 4 is 33.2 Å². The van der Waals surface area contributed by atoms with Crippen molar-refractivity contribution in [2.24, 2.45) is 0 Å². The number of nitrogens with two attached hydrogens (primary N) is 1. The molecule has 0 fully saturated rings. The summed E-state index contributed by atoms with van der Waals surface area (Å²) >= 11 is 0. The second-order valence-corrected chi connectivity index (χ2v) is 8.68. The summed E-state index contributed by atoms with van der Waals surface area (Å²) in [6, 6.07) is 35.5. The van der Waals surface area contributed by atoms with Gasteiger partial charge in [0.1, 0.15) is 0 Å². The zero-order valence-corrected chi connectivity index (χ0v) is 19.7. The number of para-hydroxylation sites is 2. The molecule has 0 atom stereocenters. The molecule has 6 aromatic rings. The third-order valence-corrected chi connectivity index (χ3v) is 6.14. The molecule has 0 unspecified atom stereocenters. The molecule has 6 heteroatoms. The van der Waals surface area contributed by atoms with E-state index in [-0.39, 0.29) is 10.6 Å². The molecule has 0 bridgehead atoms. The van der Waals surface area contributed by atoms with Crippen LogP contribution in [-0.4, -0.2) is 14.1 Å². The average Bonchev–Trinajstić information content (AvgIpc) is 3.49. The lowest BCUT2D eigenvalue weighted by atomic mass is 10.2. The molecular formula is C30H26N4O2. The van der Waals surface area contributed by atoms with Crippen LogP contribution in [0.4, 0.5) is 11.4 Å².